The maximum atomic E-state index is 12.5. The number of aromatic hydroxyl groups is 3. The fourth-order valence-corrected chi connectivity index (χ4v) is 4.60. The number of amides is 2. The number of carbonyl (C=O) groups excluding carboxylic acids is 2. The minimum atomic E-state index is -1.31. The Morgan fingerprint density at radius 2 is 1.86 bits per heavy atom. The number of nitrogens with one attached hydrogen (secondary N) is 4. The number of carbonyl (C=O) groups is 2. The molecule has 1 aromatic heterocycles. The molecular weight excluding hydrogens is 514 g/mol. The minimum absolute atomic E-state index is 0.0307. The van der Waals surface area contributed by atoms with Crippen molar-refractivity contribution in [3.63, 3.8) is 0 Å². The summed E-state index contributed by atoms with van der Waals surface area (Å²) in [4.78, 5) is 57.4. The minimum Gasteiger partial charge on any atom is -0.504 e. The fraction of sp³-hybridized carbons (Fsp3) is 0.136. The lowest BCUT2D eigenvalue weighted by atomic mass is 10.0. The van der Waals surface area contributed by atoms with Gasteiger partial charge in [-0.1, -0.05) is 35.5 Å². The SMILES string of the molecule is O=C(C[C@@H]1SC(=N[C@@H](c2ccc(O)c(O)c2)c2c(O)[nH]c(=O)[nH]c2=O)NC1=O)Nc1cccc(Cl)c1. The summed E-state index contributed by atoms with van der Waals surface area (Å²) in [6.45, 7) is 0. The summed E-state index contributed by atoms with van der Waals surface area (Å²) in [5, 5.41) is 34.6. The summed E-state index contributed by atoms with van der Waals surface area (Å²) in [7, 11) is 0. The van der Waals surface area contributed by atoms with Crippen LogP contribution in [0.15, 0.2) is 57.0 Å². The second-order valence-electron chi connectivity index (χ2n) is 7.61. The number of benzene rings is 2. The quantitative estimate of drug-likeness (QED) is 0.232. The molecule has 36 heavy (non-hydrogen) atoms. The molecule has 3 aromatic rings. The topological polar surface area (TPSA) is 197 Å². The van der Waals surface area contributed by atoms with Crippen LogP contribution in [0.2, 0.25) is 5.02 Å². The molecule has 4 rings (SSSR count). The largest absolute Gasteiger partial charge is 0.504 e. The molecule has 1 fully saturated rings. The Morgan fingerprint density at radius 1 is 1.08 bits per heavy atom. The fourth-order valence-electron chi connectivity index (χ4n) is 3.42. The monoisotopic (exact) mass is 531 g/mol. The van der Waals surface area contributed by atoms with Gasteiger partial charge in [0.25, 0.3) is 5.56 Å². The van der Waals surface area contributed by atoms with Gasteiger partial charge in [-0.3, -0.25) is 24.4 Å². The number of anilines is 1. The normalized spacial score (nSPS) is 17.1. The Morgan fingerprint density at radius 3 is 2.56 bits per heavy atom. The van der Waals surface area contributed by atoms with E-state index in [0.29, 0.717) is 10.7 Å². The van der Waals surface area contributed by atoms with Crippen LogP contribution in [0.3, 0.4) is 0 Å². The van der Waals surface area contributed by atoms with Crippen molar-refractivity contribution < 1.29 is 24.9 Å². The van der Waals surface area contributed by atoms with Crippen LogP contribution in [-0.4, -0.2) is 47.5 Å². The van der Waals surface area contributed by atoms with Crippen molar-refractivity contribution in [3.05, 3.63) is 79.5 Å². The second kappa shape index (κ2) is 10.2. The van der Waals surface area contributed by atoms with Crippen LogP contribution >= 0.6 is 23.4 Å². The van der Waals surface area contributed by atoms with Crippen molar-refractivity contribution in [2.24, 2.45) is 4.99 Å². The first-order valence-corrected chi connectivity index (χ1v) is 11.5. The van der Waals surface area contributed by atoms with Gasteiger partial charge < -0.3 is 26.0 Å². The number of nitrogens with zero attached hydrogens (tertiary/aromatic N) is 1. The standard InChI is InChI=1S/C22H18ClN5O7S/c23-10-2-1-3-11(7-10)24-15(31)8-14-18(32)28-22(36-14)25-17(9-4-5-12(29)13(30)6-9)16-19(33)26-21(35)27-20(16)34/h1-7,14,17,29-30H,8H2,(H,24,31)(H,25,28,32)(H3,26,27,33,34,35)/t14-,17-/m0/s1. The number of hydrogen-bond donors (Lipinski definition) is 7. The van der Waals surface area contributed by atoms with Crippen molar-refractivity contribution in [2.45, 2.75) is 17.7 Å². The van der Waals surface area contributed by atoms with Crippen LogP contribution in [0.4, 0.5) is 5.69 Å². The zero-order valence-electron chi connectivity index (χ0n) is 18.1. The third-order valence-corrected chi connectivity index (χ3v) is 6.38. The molecule has 2 aromatic carbocycles. The molecule has 2 atom stereocenters. The molecule has 0 radical (unpaired) electrons. The van der Waals surface area contributed by atoms with Gasteiger partial charge in [-0.25, -0.2) is 9.79 Å². The number of rotatable bonds is 6. The Hall–Kier alpha value is -4.23. The molecule has 1 saturated heterocycles. The molecular formula is C22H18ClN5O7S. The van der Waals surface area contributed by atoms with E-state index in [2.05, 4.69) is 20.6 Å². The van der Waals surface area contributed by atoms with Crippen LogP contribution in [0.5, 0.6) is 17.4 Å². The Labute approximate surface area is 211 Å². The van der Waals surface area contributed by atoms with Crippen molar-refractivity contribution >= 4 is 46.0 Å². The molecule has 186 valence electrons. The number of amidine groups is 1. The molecule has 2 amide bonds. The number of H-pyrrole nitrogens is 2. The summed E-state index contributed by atoms with van der Waals surface area (Å²) >= 11 is 6.84. The summed E-state index contributed by atoms with van der Waals surface area (Å²) in [6, 6.07) is 8.81. The molecule has 0 bridgehead atoms. The third kappa shape index (κ3) is 5.53. The van der Waals surface area contributed by atoms with Crippen molar-refractivity contribution in [1.29, 1.82) is 0 Å². The highest BCUT2D eigenvalue weighted by molar-refractivity contribution is 8.15. The van der Waals surface area contributed by atoms with E-state index in [1.54, 1.807) is 24.3 Å². The van der Waals surface area contributed by atoms with E-state index in [4.69, 9.17) is 11.6 Å². The third-order valence-electron chi connectivity index (χ3n) is 5.05. The number of hydrogen-bond acceptors (Lipinski definition) is 9. The predicted molar refractivity (Wildman–Crippen MR) is 133 cm³/mol. The molecule has 1 aliphatic rings. The summed E-state index contributed by atoms with van der Waals surface area (Å²) in [6.07, 6.45) is -0.197. The number of phenols is 2. The number of aliphatic imine (C=N–C) groups is 1. The Balaban J connectivity index is 1.62. The van der Waals surface area contributed by atoms with Gasteiger partial charge in [-0.2, -0.15) is 0 Å². The average molecular weight is 532 g/mol. The number of phenolic OH excluding ortho intramolecular Hbond substituents is 2. The molecule has 12 nitrogen and oxygen atoms in total. The summed E-state index contributed by atoms with van der Waals surface area (Å²) in [5.74, 6) is -2.67. The van der Waals surface area contributed by atoms with Crippen LogP contribution < -0.4 is 21.9 Å². The van der Waals surface area contributed by atoms with E-state index in [1.807, 2.05) is 4.98 Å². The van der Waals surface area contributed by atoms with E-state index < -0.39 is 51.7 Å². The molecule has 2 heterocycles. The van der Waals surface area contributed by atoms with Crippen LogP contribution in [0.25, 0.3) is 0 Å². The van der Waals surface area contributed by atoms with Gasteiger partial charge in [0.2, 0.25) is 17.7 Å². The van der Waals surface area contributed by atoms with E-state index in [1.165, 1.54) is 6.07 Å². The van der Waals surface area contributed by atoms with Gasteiger partial charge in [0.15, 0.2) is 16.7 Å². The van der Waals surface area contributed by atoms with E-state index in [0.717, 1.165) is 23.9 Å². The lowest BCUT2D eigenvalue weighted by Gasteiger charge is -2.15. The van der Waals surface area contributed by atoms with Gasteiger partial charge >= 0.3 is 5.69 Å². The second-order valence-corrected chi connectivity index (χ2v) is 9.24. The highest BCUT2D eigenvalue weighted by atomic mass is 35.5. The van der Waals surface area contributed by atoms with E-state index in [-0.39, 0.29) is 22.7 Å². The lowest BCUT2D eigenvalue weighted by molar-refractivity contribution is -0.122. The predicted octanol–water partition coefficient (Wildman–Crippen LogP) is 1.54. The van der Waals surface area contributed by atoms with Crippen LogP contribution in [0.1, 0.15) is 23.6 Å². The first-order valence-electron chi connectivity index (χ1n) is 10.3. The number of aromatic amines is 2. The lowest BCUT2D eigenvalue weighted by Crippen LogP contribution is -2.29. The summed E-state index contributed by atoms with van der Waals surface area (Å²) < 4.78 is 0. The highest BCUT2D eigenvalue weighted by Gasteiger charge is 2.34. The smallest absolute Gasteiger partial charge is 0.328 e. The molecule has 0 spiro atoms. The number of halogens is 1. The van der Waals surface area contributed by atoms with E-state index >= 15 is 0 Å². The number of thioether (sulfide) groups is 1. The maximum absolute atomic E-state index is 12.5. The zero-order valence-corrected chi connectivity index (χ0v) is 19.7. The Kier molecular flexibility index (Phi) is 7.03. The maximum Gasteiger partial charge on any atom is 0.328 e. The summed E-state index contributed by atoms with van der Waals surface area (Å²) in [5.41, 5.74) is -1.66. The molecule has 7 N–H and O–H groups in total. The van der Waals surface area contributed by atoms with E-state index in [9.17, 15) is 34.5 Å². The molecule has 0 saturated carbocycles. The first-order chi connectivity index (χ1) is 17.1. The van der Waals surface area contributed by atoms with Gasteiger partial charge in [0.05, 0.1) is 0 Å². The van der Waals surface area contributed by atoms with Crippen molar-refractivity contribution in [1.82, 2.24) is 15.3 Å². The highest BCUT2D eigenvalue weighted by Crippen LogP contribution is 2.35. The van der Waals surface area contributed by atoms with Gasteiger partial charge in [-0.05, 0) is 35.9 Å². The molecule has 0 unspecified atom stereocenters. The number of aromatic nitrogens is 2. The van der Waals surface area contributed by atoms with Crippen molar-refractivity contribution in [2.75, 3.05) is 5.32 Å². The molecule has 14 heteroatoms. The molecule has 0 aliphatic carbocycles. The van der Waals surface area contributed by atoms with Gasteiger partial charge in [0, 0.05) is 17.1 Å². The van der Waals surface area contributed by atoms with Crippen LogP contribution in [0, 0.1) is 0 Å². The van der Waals surface area contributed by atoms with Gasteiger partial charge in [0.1, 0.15) is 16.9 Å². The first kappa shape index (κ1) is 24.9. The average Bonchev–Trinajstić information content (AvgIpc) is 3.12. The molecule has 1 aliphatic heterocycles. The zero-order chi connectivity index (χ0) is 26.0. The Bertz CT molecular complexity index is 1500. The van der Waals surface area contributed by atoms with Crippen LogP contribution in [-0.2, 0) is 9.59 Å². The van der Waals surface area contributed by atoms with Gasteiger partial charge in [-0.15, -0.1) is 0 Å². The van der Waals surface area contributed by atoms with Crippen molar-refractivity contribution in [3.8, 4) is 17.4 Å².